The highest BCUT2D eigenvalue weighted by atomic mass is 16.5. The molecule has 7 nitrogen and oxygen atoms in total. The van der Waals surface area contributed by atoms with E-state index in [1.54, 1.807) is 26.1 Å². The van der Waals surface area contributed by atoms with Gasteiger partial charge in [0.2, 0.25) is 5.76 Å². The van der Waals surface area contributed by atoms with E-state index in [4.69, 9.17) is 9.15 Å². The number of hydrogen-bond donors (Lipinski definition) is 1. The van der Waals surface area contributed by atoms with Crippen LogP contribution in [-0.4, -0.2) is 47.1 Å². The normalized spacial score (nSPS) is 15.6. The number of carbonyl (C=O) groups is 1. The lowest BCUT2D eigenvalue weighted by molar-refractivity contribution is 0.0341. The summed E-state index contributed by atoms with van der Waals surface area (Å²) in [6, 6.07) is 3.77. The average molecular weight is 316 g/mol. The molecule has 2 aromatic heterocycles. The van der Waals surface area contributed by atoms with E-state index in [9.17, 15) is 4.79 Å². The number of morpholine rings is 1. The number of aromatic nitrogens is 2. The summed E-state index contributed by atoms with van der Waals surface area (Å²) in [4.78, 5) is 22.8. The zero-order chi connectivity index (χ0) is 16.2. The molecular formula is C16H20N4O3. The van der Waals surface area contributed by atoms with E-state index in [-0.39, 0.29) is 11.7 Å². The molecule has 3 heterocycles. The summed E-state index contributed by atoms with van der Waals surface area (Å²) in [5, 5.41) is 2.73. The van der Waals surface area contributed by atoms with Crippen LogP contribution in [0.4, 0.5) is 5.82 Å². The Labute approximate surface area is 134 Å². The molecule has 0 radical (unpaired) electrons. The lowest BCUT2D eigenvalue weighted by Crippen LogP contribution is -2.35. The molecule has 1 fully saturated rings. The number of amides is 1. The molecule has 0 atom stereocenters. The SMILES string of the molecule is Cc1nc(C)c(C(=O)Nc2ccc(CN3CCOCC3)cn2)o1. The number of rotatable bonds is 4. The van der Waals surface area contributed by atoms with Gasteiger partial charge in [-0.3, -0.25) is 9.69 Å². The van der Waals surface area contributed by atoms with Crippen LogP contribution < -0.4 is 5.32 Å². The van der Waals surface area contributed by atoms with Gasteiger partial charge in [-0.15, -0.1) is 0 Å². The fourth-order valence-electron chi connectivity index (χ4n) is 2.52. The van der Waals surface area contributed by atoms with E-state index in [0.29, 0.717) is 17.4 Å². The van der Waals surface area contributed by atoms with Crippen LogP contribution in [-0.2, 0) is 11.3 Å². The highest BCUT2D eigenvalue weighted by Crippen LogP contribution is 2.13. The summed E-state index contributed by atoms with van der Waals surface area (Å²) in [5.41, 5.74) is 1.68. The summed E-state index contributed by atoms with van der Waals surface area (Å²) >= 11 is 0. The maximum atomic E-state index is 12.1. The van der Waals surface area contributed by atoms with Crippen molar-refractivity contribution in [3.63, 3.8) is 0 Å². The Bertz CT molecular complexity index is 675. The fourth-order valence-corrected chi connectivity index (χ4v) is 2.52. The van der Waals surface area contributed by atoms with Gasteiger partial charge < -0.3 is 14.5 Å². The van der Waals surface area contributed by atoms with E-state index in [1.807, 2.05) is 6.07 Å². The third-order valence-corrected chi connectivity index (χ3v) is 3.69. The zero-order valence-electron chi connectivity index (χ0n) is 13.3. The maximum absolute atomic E-state index is 12.1. The molecule has 1 N–H and O–H groups in total. The molecular weight excluding hydrogens is 296 g/mol. The summed E-state index contributed by atoms with van der Waals surface area (Å²) < 4.78 is 10.6. The lowest BCUT2D eigenvalue weighted by atomic mass is 10.2. The molecule has 0 unspecified atom stereocenters. The second kappa shape index (κ2) is 6.89. The Morgan fingerprint density at radius 3 is 2.70 bits per heavy atom. The first kappa shape index (κ1) is 15.6. The highest BCUT2D eigenvalue weighted by molar-refractivity contribution is 6.02. The van der Waals surface area contributed by atoms with Crippen LogP contribution in [0.3, 0.4) is 0 Å². The van der Waals surface area contributed by atoms with Crippen LogP contribution >= 0.6 is 0 Å². The number of nitrogens with zero attached hydrogens (tertiary/aromatic N) is 3. The van der Waals surface area contributed by atoms with E-state index in [0.717, 1.165) is 38.4 Å². The summed E-state index contributed by atoms with van der Waals surface area (Å²) in [7, 11) is 0. The molecule has 0 aromatic carbocycles. The molecule has 23 heavy (non-hydrogen) atoms. The minimum Gasteiger partial charge on any atom is -0.436 e. The molecule has 0 aliphatic carbocycles. The first-order chi connectivity index (χ1) is 11.1. The minimum absolute atomic E-state index is 0.224. The smallest absolute Gasteiger partial charge is 0.294 e. The molecule has 7 heteroatoms. The van der Waals surface area contributed by atoms with Gasteiger partial charge in [0.05, 0.1) is 18.9 Å². The van der Waals surface area contributed by atoms with Crippen molar-refractivity contribution < 1.29 is 13.9 Å². The Hall–Kier alpha value is -2.25. The van der Waals surface area contributed by atoms with E-state index in [1.165, 1.54) is 0 Å². The van der Waals surface area contributed by atoms with Crippen molar-refractivity contribution in [1.82, 2.24) is 14.9 Å². The molecule has 0 spiro atoms. The second-order valence-corrected chi connectivity index (χ2v) is 5.54. The van der Waals surface area contributed by atoms with Crippen molar-refractivity contribution in [1.29, 1.82) is 0 Å². The van der Waals surface area contributed by atoms with Crippen LogP contribution in [0.15, 0.2) is 22.7 Å². The van der Waals surface area contributed by atoms with Gasteiger partial charge in [-0.2, -0.15) is 0 Å². The van der Waals surface area contributed by atoms with Crippen molar-refractivity contribution in [3.8, 4) is 0 Å². The Morgan fingerprint density at radius 1 is 1.30 bits per heavy atom. The van der Waals surface area contributed by atoms with Crippen molar-refractivity contribution in [2.75, 3.05) is 31.6 Å². The first-order valence-corrected chi connectivity index (χ1v) is 7.62. The molecule has 1 amide bonds. The average Bonchev–Trinajstić information content (AvgIpc) is 2.89. The largest absolute Gasteiger partial charge is 0.436 e. The number of hydrogen-bond acceptors (Lipinski definition) is 6. The predicted octanol–water partition coefficient (Wildman–Crippen LogP) is 1.77. The third-order valence-electron chi connectivity index (χ3n) is 3.69. The maximum Gasteiger partial charge on any atom is 0.294 e. The molecule has 0 bridgehead atoms. The topological polar surface area (TPSA) is 80.5 Å². The molecule has 122 valence electrons. The van der Waals surface area contributed by atoms with Crippen molar-refractivity contribution >= 4 is 11.7 Å². The first-order valence-electron chi connectivity index (χ1n) is 7.62. The highest BCUT2D eigenvalue weighted by Gasteiger charge is 2.16. The Morgan fingerprint density at radius 2 is 2.09 bits per heavy atom. The van der Waals surface area contributed by atoms with Gasteiger partial charge in [0.25, 0.3) is 5.91 Å². The van der Waals surface area contributed by atoms with Crippen LogP contribution in [0.5, 0.6) is 0 Å². The van der Waals surface area contributed by atoms with Crippen LogP contribution in [0.2, 0.25) is 0 Å². The van der Waals surface area contributed by atoms with Gasteiger partial charge in [0.15, 0.2) is 5.89 Å². The number of nitrogens with one attached hydrogen (secondary N) is 1. The number of oxazole rings is 1. The third kappa shape index (κ3) is 3.94. The van der Waals surface area contributed by atoms with Crippen molar-refractivity contribution in [2.24, 2.45) is 0 Å². The predicted molar refractivity (Wildman–Crippen MR) is 84.3 cm³/mol. The fraction of sp³-hybridized carbons (Fsp3) is 0.438. The van der Waals surface area contributed by atoms with Crippen LogP contribution in [0.1, 0.15) is 27.7 Å². The van der Waals surface area contributed by atoms with Crippen LogP contribution in [0, 0.1) is 13.8 Å². The van der Waals surface area contributed by atoms with E-state index < -0.39 is 0 Å². The van der Waals surface area contributed by atoms with Crippen LogP contribution in [0.25, 0.3) is 0 Å². The summed E-state index contributed by atoms with van der Waals surface area (Å²) in [6.07, 6.45) is 1.78. The van der Waals surface area contributed by atoms with Gasteiger partial charge in [-0.05, 0) is 18.6 Å². The molecule has 2 aromatic rings. The molecule has 1 aliphatic heterocycles. The molecule has 1 aliphatic rings. The standard InChI is InChI=1S/C16H20N4O3/c1-11-15(23-12(2)18-11)16(21)19-14-4-3-13(9-17-14)10-20-5-7-22-8-6-20/h3-4,9H,5-8,10H2,1-2H3,(H,17,19,21). The number of carbonyl (C=O) groups excluding carboxylic acids is 1. The number of aryl methyl sites for hydroxylation is 2. The van der Waals surface area contributed by atoms with Crippen molar-refractivity contribution in [2.45, 2.75) is 20.4 Å². The van der Waals surface area contributed by atoms with Gasteiger partial charge in [0.1, 0.15) is 5.82 Å². The quantitative estimate of drug-likeness (QED) is 0.926. The summed E-state index contributed by atoms with van der Waals surface area (Å²) in [6.45, 7) is 7.71. The Balaban J connectivity index is 1.60. The number of anilines is 1. The molecule has 0 saturated carbocycles. The van der Waals surface area contributed by atoms with Gasteiger partial charge in [0, 0.05) is 32.8 Å². The number of pyridine rings is 1. The molecule has 1 saturated heterocycles. The monoisotopic (exact) mass is 316 g/mol. The summed E-state index contributed by atoms with van der Waals surface area (Å²) in [5.74, 6) is 0.855. The molecule has 3 rings (SSSR count). The second-order valence-electron chi connectivity index (χ2n) is 5.54. The van der Waals surface area contributed by atoms with Gasteiger partial charge in [-0.25, -0.2) is 9.97 Å². The van der Waals surface area contributed by atoms with Gasteiger partial charge >= 0.3 is 0 Å². The van der Waals surface area contributed by atoms with E-state index in [2.05, 4.69) is 20.2 Å². The van der Waals surface area contributed by atoms with E-state index >= 15 is 0 Å². The number of ether oxygens (including phenoxy) is 1. The minimum atomic E-state index is -0.337. The zero-order valence-corrected chi connectivity index (χ0v) is 13.3. The lowest BCUT2D eigenvalue weighted by Gasteiger charge is -2.26. The Kier molecular flexibility index (Phi) is 4.68. The van der Waals surface area contributed by atoms with Crippen molar-refractivity contribution in [3.05, 3.63) is 41.2 Å². The van der Waals surface area contributed by atoms with Gasteiger partial charge in [-0.1, -0.05) is 6.07 Å².